The molecule has 0 aromatic rings. The summed E-state index contributed by atoms with van der Waals surface area (Å²) < 4.78 is 21.8. The van der Waals surface area contributed by atoms with Crippen LogP contribution in [0.2, 0.25) is 0 Å². The number of hydrogen-bond acceptors (Lipinski definition) is 10. The van der Waals surface area contributed by atoms with Gasteiger partial charge in [0, 0.05) is 12.8 Å². The van der Waals surface area contributed by atoms with Crippen molar-refractivity contribution < 1.29 is 53.8 Å². The van der Waals surface area contributed by atoms with Crippen molar-refractivity contribution in [2.24, 2.45) is 0 Å². The fourth-order valence-corrected chi connectivity index (χ4v) is 8.13. The van der Waals surface area contributed by atoms with Gasteiger partial charge in [-0.3, -0.25) is 9.59 Å². The zero-order valence-corrected chi connectivity index (χ0v) is 40.8. The van der Waals surface area contributed by atoms with E-state index in [0.717, 1.165) is 64.2 Å². The lowest BCUT2D eigenvalue weighted by Gasteiger charge is -2.38. The highest BCUT2D eigenvalue weighted by molar-refractivity contribution is 5.73. The van der Waals surface area contributed by atoms with Gasteiger partial charge in [0.15, 0.2) is 18.5 Å². The minimum atomic E-state index is -1.86. The monoisotopic (exact) mass is 909 g/mol. The molecule has 11 nitrogen and oxygen atoms in total. The number of esters is 2. The number of allylic oxidation sites excluding steroid dienone is 4. The van der Waals surface area contributed by atoms with Crippen LogP contribution in [0.3, 0.4) is 0 Å². The zero-order valence-electron chi connectivity index (χ0n) is 40.8. The zero-order chi connectivity index (χ0) is 46.7. The minimum Gasteiger partial charge on any atom is -0.479 e. The first-order valence-electron chi connectivity index (χ1n) is 26.4. The fourth-order valence-electron chi connectivity index (χ4n) is 8.13. The van der Waals surface area contributed by atoms with Gasteiger partial charge in [-0.1, -0.05) is 218 Å². The second-order valence-corrected chi connectivity index (χ2v) is 18.4. The van der Waals surface area contributed by atoms with Gasteiger partial charge in [-0.25, -0.2) is 4.79 Å². The van der Waals surface area contributed by atoms with Gasteiger partial charge in [0.1, 0.15) is 24.9 Å². The number of hydrogen-bond donors (Lipinski definition) is 4. The second kappa shape index (κ2) is 43.3. The summed E-state index contributed by atoms with van der Waals surface area (Å²) in [6, 6.07) is 0. The second-order valence-electron chi connectivity index (χ2n) is 18.4. The van der Waals surface area contributed by atoms with Crippen molar-refractivity contribution in [3.63, 3.8) is 0 Å². The van der Waals surface area contributed by atoms with E-state index in [9.17, 15) is 34.8 Å². The molecule has 6 unspecified atom stereocenters. The van der Waals surface area contributed by atoms with Crippen LogP contribution in [0.5, 0.6) is 0 Å². The number of aliphatic hydroxyl groups is 3. The topological polar surface area (TPSA) is 169 Å². The van der Waals surface area contributed by atoms with Gasteiger partial charge in [0.2, 0.25) is 0 Å². The van der Waals surface area contributed by atoms with Gasteiger partial charge >= 0.3 is 17.9 Å². The Kier molecular flexibility index (Phi) is 40.4. The lowest BCUT2D eigenvalue weighted by Crippen LogP contribution is -2.60. The van der Waals surface area contributed by atoms with Crippen molar-refractivity contribution in [3.05, 3.63) is 24.3 Å². The van der Waals surface area contributed by atoms with Crippen LogP contribution >= 0.6 is 0 Å². The third kappa shape index (κ3) is 34.1. The molecule has 1 aliphatic heterocycles. The number of carboxylic acid groups (broad SMARTS) is 1. The average molecular weight is 909 g/mol. The minimum absolute atomic E-state index is 0.185. The maximum atomic E-state index is 12.8. The molecule has 4 N–H and O–H groups in total. The van der Waals surface area contributed by atoms with E-state index in [0.29, 0.717) is 12.8 Å². The molecular formula is C53H96O11. The van der Waals surface area contributed by atoms with Gasteiger partial charge in [-0.2, -0.15) is 0 Å². The Balaban J connectivity index is 2.25. The maximum Gasteiger partial charge on any atom is 0.335 e. The van der Waals surface area contributed by atoms with E-state index in [1.165, 1.54) is 141 Å². The SMILES string of the molecule is CCCC/C=C\C/C=C\CCCCCCCC(=O)OCC(COC1OC(C(=O)O)C(O)C(O)C1O)OC(=O)CCCCCCCCCCCCCCCCCCCCCCCCCC. The van der Waals surface area contributed by atoms with Crippen LogP contribution in [0.25, 0.3) is 0 Å². The highest BCUT2D eigenvalue weighted by Gasteiger charge is 2.47. The molecule has 0 aromatic heterocycles. The van der Waals surface area contributed by atoms with Crippen molar-refractivity contribution in [2.45, 2.75) is 282 Å². The molecular weight excluding hydrogens is 813 g/mol. The molecule has 1 heterocycles. The number of unbranched alkanes of at least 4 members (excludes halogenated alkanes) is 30. The summed E-state index contributed by atoms with van der Waals surface area (Å²) in [5.41, 5.74) is 0. The average Bonchev–Trinajstić information content (AvgIpc) is 3.28. The molecule has 1 saturated heterocycles. The summed E-state index contributed by atoms with van der Waals surface area (Å²) in [7, 11) is 0. The molecule has 11 heteroatoms. The van der Waals surface area contributed by atoms with Crippen LogP contribution in [0, 0.1) is 0 Å². The molecule has 0 spiro atoms. The Morgan fingerprint density at radius 3 is 1.34 bits per heavy atom. The first kappa shape index (κ1) is 59.7. The number of ether oxygens (including phenoxy) is 4. The molecule has 0 aromatic carbocycles. The van der Waals surface area contributed by atoms with E-state index in [1.807, 2.05) is 0 Å². The highest BCUT2D eigenvalue weighted by atomic mass is 16.7. The predicted molar refractivity (Wildman–Crippen MR) is 257 cm³/mol. The summed E-state index contributed by atoms with van der Waals surface area (Å²) in [5, 5.41) is 39.9. The largest absolute Gasteiger partial charge is 0.479 e. The van der Waals surface area contributed by atoms with Crippen molar-refractivity contribution >= 4 is 17.9 Å². The van der Waals surface area contributed by atoms with Gasteiger partial charge < -0.3 is 39.4 Å². The molecule has 1 aliphatic rings. The molecule has 6 atom stereocenters. The van der Waals surface area contributed by atoms with Gasteiger partial charge in [0.05, 0.1) is 6.61 Å². The van der Waals surface area contributed by atoms with E-state index >= 15 is 0 Å². The molecule has 1 rings (SSSR count). The van der Waals surface area contributed by atoms with Gasteiger partial charge in [-0.15, -0.1) is 0 Å². The van der Waals surface area contributed by atoms with Gasteiger partial charge in [0.25, 0.3) is 0 Å². The normalized spacial score (nSPS) is 19.4. The van der Waals surface area contributed by atoms with Crippen molar-refractivity contribution in [3.8, 4) is 0 Å². The third-order valence-electron chi connectivity index (χ3n) is 12.3. The van der Waals surface area contributed by atoms with E-state index in [2.05, 4.69) is 38.2 Å². The number of carboxylic acids is 1. The van der Waals surface area contributed by atoms with Crippen LogP contribution in [0.1, 0.15) is 245 Å². The van der Waals surface area contributed by atoms with Crippen LogP contribution in [-0.2, 0) is 33.3 Å². The summed E-state index contributed by atoms with van der Waals surface area (Å²) in [6.45, 7) is 3.80. The van der Waals surface area contributed by atoms with E-state index in [-0.39, 0.29) is 26.1 Å². The Morgan fingerprint density at radius 2 is 0.891 bits per heavy atom. The fraction of sp³-hybridized carbons (Fsp3) is 0.868. The van der Waals surface area contributed by atoms with E-state index in [1.54, 1.807) is 0 Å². The first-order chi connectivity index (χ1) is 31.2. The van der Waals surface area contributed by atoms with Crippen LogP contribution in [0.15, 0.2) is 24.3 Å². The Hall–Kier alpha value is -2.31. The third-order valence-corrected chi connectivity index (χ3v) is 12.3. The molecule has 374 valence electrons. The summed E-state index contributed by atoms with van der Waals surface area (Å²) in [6.07, 6.45) is 41.0. The smallest absolute Gasteiger partial charge is 0.335 e. The number of aliphatic hydroxyl groups excluding tert-OH is 3. The molecule has 0 radical (unpaired) electrons. The maximum absolute atomic E-state index is 12.8. The highest BCUT2D eigenvalue weighted by Crippen LogP contribution is 2.23. The lowest BCUT2D eigenvalue weighted by atomic mass is 9.99. The molecule has 0 amide bonds. The Bertz CT molecular complexity index is 1160. The number of aliphatic carboxylic acids is 1. The van der Waals surface area contributed by atoms with Crippen LogP contribution < -0.4 is 0 Å². The summed E-state index contributed by atoms with van der Waals surface area (Å²) >= 11 is 0. The Morgan fingerprint density at radius 1 is 0.484 bits per heavy atom. The van der Waals surface area contributed by atoms with Crippen molar-refractivity contribution in [1.29, 1.82) is 0 Å². The van der Waals surface area contributed by atoms with Crippen molar-refractivity contribution in [2.75, 3.05) is 13.2 Å². The van der Waals surface area contributed by atoms with Gasteiger partial charge in [-0.05, 0) is 38.5 Å². The quantitative estimate of drug-likeness (QED) is 0.0261. The first-order valence-corrected chi connectivity index (χ1v) is 26.4. The molecule has 64 heavy (non-hydrogen) atoms. The Labute approximate surface area is 389 Å². The molecule has 1 fully saturated rings. The standard InChI is InChI=1S/C53H96O11/c1-3-5-7-9-11-13-15-17-19-20-21-22-23-24-25-26-27-28-30-32-34-36-38-40-42-47(55)63-45(44-62-53-50(58)48(56)49(57)51(64-53)52(59)60)43-61-46(54)41-39-37-35-33-31-29-18-16-14-12-10-8-6-4-2/h10,12,16,18,45,48-51,53,56-58H,3-9,11,13-15,17,19-44H2,1-2H3,(H,59,60)/b12-10-,18-16-. The summed E-state index contributed by atoms with van der Waals surface area (Å²) in [5.74, 6) is -2.45. The molecule has 0 aliphatic carbocycles. The van der Waals surface area contributed by atoms with E-state index in [4.69, 9.17) is 18.9 Å². The molecule has 0 bridgehead atoms. The predicted octanol–water partition coefficient (Wildman–Crippen LogP) is 12.5. The van der Waals surface area contributed by atoms with Crippen LogP contribution in [0.4, 0.5) is 0 Å². The lowest BCUT2D eigenvalue weighted by molar-refractivity contribution is -0.298. The van der Waals surface area contributed by atoms with Crippen molar-refractivity contribution in [1.82, 2.24) is 0 Å². The van der Waals surface area contributed by atoms with E-state index < -0.39 is 54.7 Å². The number of carbonyl (C=O) groups excluding carboxylic acids is 2. The molecule has 0 saturated carbocycles. The number of carbonyl (C=O) groups is 3. The van der Waals surface area contributed by atoms with Crippen LogP contribution in [-0.4, -0.2) is 88.4 Å². The summed E-state index contributed by atoms with van der Waals surface area (Å²) in [4.78, 5) is 37.0. The number of rotatable bonds is 45.